The fraction of sp³-hybridized carbons (Fsp3) is 0.333. The van der Waals surface area contributed by atoms with Crippen LogP contribution in [0.25, 0.3) is 0 Å². The van der Waals surface area contributed by atoms with Crippen molar-refractivity contribution in [2.24, 2.45) is 0 Å². The Kier molecular flexibility index (Phi) is 5.58. The smallest absolute Gasteiger partial charge is 0.414 e. The molecule has 2 aliphatic rings. The number of nitrogens with zero attached hydrogens (tertiary/aromatic N) is 4. The minimum Gasteiger partial charge on any atom is -0.447 e. The lowest BCUT2D eigenvalue weighted by atomic mass is 10.0. The number of hydrogen-bond acceptors (Lipinski definition) is 7. The number of anilines is 3. The van der Waals surface area contributed by atoms with Gasteiger partial charge in [0.25, 0.3) is 5.69 Å². The van der Waals surface area contributed by atoms with Gasteiger partial charge in [0, 0.05) is 31.3 Å². The monoisotopic (exact) mass is 425 g/mol. The lowest BCUT2D eigenvalue weighted by Gasteiger charge is -2.36. The average molecular weight is 425 g/mol. The molecule has 1 unspecified atom stereocenters. The maximum absolute atomic E-state index is 14.5. The second-order valence-corrected chi connectivity index (χ2v) is 7.43. The first-order valence-electron chi connectivity index (χ1n) is 9.90. The van der Waals surface area contributed by atoms with Crippen molar-refractivity contribution < 1.29 is 18.8 Å². The second kappa shape index (κ2) is 8.47. The Morgan fingerprint density at radius 2 is 2.06 bits per heavy atom. The van der Waals surface area contributed by atoms with Gasteiger partial charge in [-0.25, -0.2) is 9.18 Å². The van der Waals surface area contributed by atoms with Crippen LogP contribution in [0, 0.1) is 27.3 Å². The van der Waals surface area contributed by atoms with Gasteiger partial charge in [0.05, 0.1) is 40.2 Å². The standard InChI is InChI=1S/C21H20FN5O4/c22-17-10-14(12-23)3-6-19(17)25-7-1-2-15(13-25)24-18-5-4-16(27(29)30)11-20(18)26-8-9-31-21(26)28/h3-6,10-11,15,24H,1-2,7-9,13H2. The number of carbonyl (C=O) groups is 1. The molecule has 2 fully saturated rings. The lowest BCUT2D eigenvalue weighted by molar-refractivity contribution is -0.384. The third-order valence-corrected chi connectivity index (χ3v) is 5.44. The minimum atomic E-state index is -0.548. The number of nitrogens with one attached hydrogen (secondary N) is 1. The van der Waals surface area contributed by atoms with E-state index in [2.05, 4.69) is 5.32 Å². The number of nitriles is 1. The molecule has 1 atom stereocenters. The third-order valence-electron chi connectivity index (χ3n) is 5.44. The van der Waals surface area contributed by atoms with Crippen molar-refractivity contribution in [3.63, 3.8) is 0 Å². The van der Waals surface area contributed by atoms with E-state index < -0.39 is 16.8 Å². The predicted molar refractivity (Wildman–Crippen MR) is 112 cm³/mol. The van der Waals surface area contributed by atoms with Gasteiger partial charge < -0.3 is 15.0 Å². The fourth-order valence-corrected chi connectivity index (χ4v) is 3.96. The number of nitro groups is 1. The van der Waals surface area contributed by atoms with Crippen LogP contribution in [0.3, 0.4) is 0 Å². The molecule has 10 heteroatoms. The first-order valence-corrected chi connectivity index (χ1v) is 9.90. The predicted octanol–water partition coefficient (Wildman–Crippen LogP) is 3.64. The maximum atomic E-state index is 14.5. The summed E-state index contributed by atoms with van der Waals surface area (Å²) in [5.74, 6) is -0.449. The minimum absolute atomic E-state index is 0.0670. The molecule has 2 saturated heterocycles. The number of nitro benzene ring substituents is 1. The van der Waals surface area contributed by atoms with Gasteiger partial charge in [0.15, 0.2) is 0 Å². The van der Waals surface area contributed by atoms with Gasteiger partial charge in [-0.05, 0) is 37.1 Å². The summed E-state index contributed by atoms with van der Waals surface area (Å²) in [7, 11) is 0. The molecule has 9 nitrogen and oxygen atoms in total. The van der Waals surface area contributed by atoms with E-state index in [1.165, 1.54) is 23.1 Å². The molecule has 2 aliphatic heterocycles. The summed E-state index contributed by atoms with van der Waals surface area (Å²) >= 11 is 0. The van der Waals surface area contributed by atoms with Crippen molar-refractivity contribution in [1.29, 1.82) is 5.26 Å². The zero-order chi connectivity index (χ0) is 22.0. The van der Waals surface area contributed by atoms with E-state index in [0.29, 0.717) is 36.7 Å². The molecule has 0 radical (unpaired) electrons. The summed E-state index contributed by atoms with van der Waals surface area (Å²) in [4.78, 5) is 26.0. The van der Waals surface area contributed by atoms with Crippen molar-refractivity contribution in [2.75, 3.05) is 41.4 Å². The van der Waals surface area contributed by atoms with Crippen LogP contribution in [0.15, 0.2) is 36.4 Å². The summed E-state index contributed by atoms with van der Waals surface area (Å²) in [5, 5.41) is 23.5. The number of non-ortho nitro benzene ring substituents is 1. The van der Waals surface area contributed by atoms with Gasteiger partial charge in [0.2, 0.25) is 0 Å². The van der Waals surface area contributed by atoms with Crippen LogP contribution in [0.2, 0.25) is 0 Å². The summed E-state index contributed by atoms with van der Waals surface area (Å²) in [6.07, 6.45) is 1.08. The van der Waals surface area contributed by atoms with E-state index >= 15 is 0 Å². The average Bonchev–Trinajstić information content (AvgIpc) is 3.19. The third kappa shape index (κ3) is 4.21. The van der Waals surface area contributed by atoms with Gasteiger partial charge in [-0.3, -0.25) is 15.0 Å². The quantitative estimate of drug-likeness (QED) is 0.575. The number of rotatable bonds is 5. The number of hydrogen-bond donors (Lipinski definition) is 1. The molecule has 31 heavy (non-hydrogen) atoms. The van der Waals surface area contributed by atoms with E-state index in [-0.39, 0.29) is 23.9 Å². The number of benzene rings is 2. The Morgan fingerprint density at radius 3 is 2.74 bits per heavy atom. The highest BCUT2D eigenvalue weighted by Crippen LogP contribution is 2.34. The Balaban J connectivity index is 1.57. The van der Waals surface area contributed by atoms with Crippen molar-refractivity contribution in [3.05, 3.63) is 57.9 Å². The molecule has 0 saturated carbocycles. The van der Waals surface area contributed by atoms with E-state index in [1.807, 2.05) is 11.0 Å². The topological polar surface area (TPSA) is 112 Å². The molecule has 1 N–H and O–H groups in total. The lowest BCUT2D eigenvalue weighted by Crippen LogP contribution is -2.42. The van der Waals surface area contributed by atoms with Gasteiger partial charge in [0.1, 0.15) is 12.4 Å². The van der Waals surface area contributed by atoms with E-state index in [9.17, 15) is 19.3 Å². The van der Waals surface area contributed by atoms with Crippen LogP contribution < -0.4 is 15.1 Å². The summed E-state index contributed by atoms with van der Waals surface area (Å²) in [5.41, 5.74) is 1.54. The van der Waals surface area contributed by atoms with Crippen LogP contribution in [-0.2, 0) is 4.74 Å². The largest absolute Gasteiger partial charge is 0.447 e. The molecule has 2 aromatic rings. The van der Waals surface area contributed by atoms with E-state index in [1.54, 1.807) is 18.2 Å². The Labute approximate surface area is 177 Å². The van der Waals surface area contributed by atoms with Gasteiger partial charge in [-0.1, -0.05) is 0 Å². The highest BCUT2D eigenvalue weighted by Gasteiger charge is 2.29. The Bertz CT molecular complexity index is 1070. The van der Waals surface area contributed by atoms with Crippen LogP contribution in [-0.4, -0.2) is 43.3 Å². The Morgan fingerprint density at radius 1 is 1.23 bits per heavy atom. The summed E-state index contributed by atoms with van der Waals surface area (Å²) < 4.78 is 19.5. The molecule has 2 heterocycles. The number of cyclic esters (lactones) is 1. The first-order chi connectivity index (χ1) is 15.0. The van der Waals surface area contributed by atoms with Crippen LogP contribution in [0.4, 0.5) is 31.9 Å². The number of ether oxygens (including phenoxy) is 1. The van der Waals surface area contributed by atoms with Crippen molar-refractivity contribution in [2.45, 2.75) is 18.9 Å². The summed E-state index contributed by atoms with van der Waals surface area (Å²) in [6, 6.07) is 10.6. The van der Waals surface area contributed by atoms with Crippen molar-refractivity contribution in [1.82, 2.24) is 0 Å². The molecule has 4 rings (SSSR count). The van der Waals surface area contributed by atoms with E-state index in [4.69, 9.17) is 10.00 Å². The molecule has 0 aliphatic carbocycles. The Hall–Kier alpha value is -3.87. The number of amides is 1. The SMILES string of the molecule is N#Cc1ccc(N2CCCC(Nc3ccc([N+](=O)[O-])cc3N3CCOC3=O)C2)c(F)c1. The fourth-order valence-electron chi connectivity index (χ4n) is 3.96. The molecule has 160 valence electrons. The molecule has 0 aromatic heterocycles. The summed E-state index contributed by atoms with van der Waals surface area (Å²) in [6.45, 7) is 1.70. The first kappa shape index (κ1) is 20.4. The number of piperidine rings is 1. The van der Waals surface area contributed by atoms with Gasteiger partial charge >= 0.3 is 6.09 Å². The van der Waals surface area contributed by atoms with Crippen LogP contribution in [0.5, 0.6) is 0 Å². The normalized spacial score (nSPS) is 18.5. The van der Waals surface area contributed by atoms with Crippen LogP contribution in [0.1, 0.15) is 18.4 Å². The maximum Gasteiger partial charge on any atom is 0.414 e. The molecule has 0 bridgehead atoms. The van der Waals surface area contributed by atoms with Crippen molar-refractivity contribution >= 4 is 28.8 Å². The second-order valence-electron chi connectivity index (χ2n) is 7.43. The number of halogens is 1. The van der Waals surface area contributed by atoms with E-state index in [0.717, 1.165) is 12.8 Å². The zero-order valence-electron chi connectivity index (χ0n) is 16.6. The zero-order valence-corrected chi connectivity index (χ0v) is 16.6. The molecule has 0 spiro atoms. The van der Waals surface area contributed by atoms with Gasteiger partial charge in [-0.2, -0.15) is 5.26 Å². The number of carbonyl (C=O) groups excluding carboxylic acids is 1. The molecular weight excluding hydrogens is 405 g/mol. The van der Waals surface area contributed by atoms with Crippen LogP contribution >= 0.6 is 0 Å². The highest BCUT2D eigenvalue weighted by atomic mass is 19.1. The molecule has 2 aromatic carbocycles. The highest BCUT2D eigenvalue weighted by molar-refractivity contribution is 5.94. The van der Waals surface area contributed by atoms with Gasteiger partial charge in [-0.15, -0.1) is 0 Å². The molecule has 1 amide bonds. The van der Waals surface area contributed by atoms with Crippen molar-refractivity contribution in [3.8, 4) is 6.07 Å². The molecular formula is C21H20FN5O4.